The second kappa shape index (κ2) is 11.3. The molecule has 208 valence electrons. The first-order valence-electron chi connectivity index (χ1n) is 12.2. The highest BCUT2D eigenvalue weighted by Gasteiger charge is 2.32. The summed E-state index contributed by atoms with van der Waals surface area (Å²) in [7, 11) is 0. The molecule has 12 heteroatoms. The number of amides is 1. The Morgan fingerprint density at radius 2 is 1.95 bits per heavy atom. The highest BCUT2D eigenvalue weighted by atomic mass is 35.5. The van der Waals surface area contributed by atoms with Crippen molar-refractivity contribution in [3.63, 3.8) is 0 Å². The maximum atomic E-state index is 13.7. The van der Waals surface area contributed by atoms with Crippen LogP contribution in [0.5, 0.6) is 5.75 Å². The van der Waals surface area contributed by atoms with Crippen LogP contribution < -0.4 is 10.1 Å². The number of hydrogen-bond donors (Lipinski definition) is 1. The third kappa shape index (κ3) is 6.26. The minimum atomic E-state index is -4.89. The zero-order chi connectivity index (χ0) is 28.4. The molecule has 5 rings (SSSR count). The molecule has 0 bridgehead atoms. The molecule has 2 aromatic carbocycles. The van der Waals surface area contributed by atoms with Crippen LogP contribution in [-0.2, 0) is 19.5 Å². The number of rotatable bonds is 6. The van der Waals surface area contributed by atoms with E-state index in [1.807, 2.05) is 6.08 Å². The molecule has 0 aliphatic carbocycles. The fourth-order valence-corrected chi connectivity index (χ4v) is 4.86. The number of hydrogen-bond acceptors (Lipinski definition) is 4. The summed E-state index contributed by atoms with van der Waals surface area (Å²) < 4.78 is 71.4. The number of halogens is 6. The summed E-state index contributed by atoms with van der Waals surface area (Å²) in [6.45, 7) is 1.51. The Hall–Kier alpha value is -3.96. The number of nitrogens with zero attached hydrogens (tertiary/aromatic N) is 3. The van der Waals surface area contributed by atoms with Crippen LogP contribution in [0.1, 0.15) is 22.4 Å². The first-order chi connectivity index (χ1) is 19.1. The smallest absolute Gasteiger partial charge is 0.406 e. The Kier molecular flexibility index (Phi) is 7.77. The van der Waals surface area contributed by atoms with E-state index in [9.17, 15) is 26.7 Å². The summed E-state index contributed by atoms with van der Waals surface area (Å²) in [5, 5.41) is 3.37. The molecule has 0 atom stereocenters. The van der Waals surface area contributed by atoms with Crippen molar-refractivity contribution in [3.05, 3.63) is 100.0 Å². The van der Waals surface area contributed by atoms with Gasteiger partial charge in [0.2, 0.25) is 5.95 Å². The van der Waals surface area contributed by atoms with Crippen molar-refractivity contribution in [1.29, 1.82) is 0 Å². The van der Waals surface area contributed by atoms with E-state index >= 15 is 0 Å². The van der Waals surface area contributed by atoms with Gasteiger partial charge >= 0.3 is 12.4 Å². The number of pyridine rings is 1. The van der Waals surface area contributed by atoms with Crippen LogP contribution in [0.15, 0.2) is 60.8 Å². The minimum absolute atomic E-state index is 0.00628. The van der Waals surface area contributed by atoms with Crippen molar-refractivity contribution in [2.45, 2.75) is 25.9 Å². The average Bonchev–Trinajstić information content (AvgIpc) is 3.21. The van der Waals surface area contributed by atoms with Crippen LogP contribution in [-0.4, -0.2) is 39.9 Å². The Morgan fingerprint density at radius 1 is 1.12 bits per heavy atom. The van der Waals surface area contributed by atoms with Crippen LogP contribution in [0.3, 0.4) is 0 Å². The first-order valence-corrected chi connectivity index (χ1v) is 12.6. The van der Waals surface area contributed by atoms with E-state index in [2.05, 4.69) is 19.9 Å². The molecule has 6 nitrogen and oxygen atoms in total. The highest BCUT2D eigenvalue weighted by Crippen LogP contribution is 2.34. The lowest BCUT2D eigenvalue weighted by Gasteiger charge is -2.27. The van der Waals surface area contributed by atoms with Crippen molar-refractivity contribution in [1.82, 2.24) is 19.8 Å². The van der Waals surface area contributed by atoms with Gasteiger partial charge in [-0.15, -0.1) is 13.2 Å². The van der Waals surface area contributed by atoms with E-state index < -0.39 is 29.9 Å². The number of carbonyl (C=O) groups excluding carboxylic acids is 1. The van der Waals surface area contributed by atoms with Gasteiger partial charge in [-0.1, -0.05) is 29.8 Å². The van der Waals surface area contributed by atoms with Gasteiger partial charge in [0.05, 0.1) is 10.5 Å². The molecule has 1 amide bonds. The molecule has 3 heterocycles. The predicted octanol–water partition coefficient (Wildman–Crippen LogP) is 6.70. The number of benzene rings is 2. The van der Waals surface area contributed by atoms with Gasteiger partial charge in [0, 0.05) is 55.9 Å². The van der Waals surface area contributed by atoms with Gasteiger partial charge in [-0.25, -0.2) is 14.2 Å². The minimum Gasteiger partial charge on any atom is -0.406 e. The number of ether oxygens (including phenoxy) is 1. The first kappa shape index (κ1) is 27.6. The Morgan fingerprint density at radius 3 is 2.70 bits per heavy atom. The summed E-state index contributed by atoms with van der Waals surface area (Å²) in [4.78, 5) is 18.9. The number of fused-ring (bicyclic) bond motifs is 3. The Balaban J connectivity index is 1.42. The maximum absolute atomic E-state index is 13.7. The Bertz CT molecular complexity index is 1600. The molecule has 4 aromatic rings. The molecule has 0 spiro atoms. The van der Waals surface area contributed by atoms with Crippen molar-refractivity contribution in [2.75, 3.05) is 13.1 Å². The molecule has 1 aliphatic heterocycles. The third-order valence-corrected chi connectivity index (χ3v) is 6.80. The zero-order valence-electron chi connectivity index (χ0n) is 20.8. The van der Waals surface area contributed by atoms with Gasteiger partial charge in [-0.2, -0.15) is 4.39 Å². The van der Waals surface area contributed by atoms with Crippen LogP contribution in [0.4, 0.5) is 26.7 Å². The number of nitrogens with one attached hydrogen (secondary N) is 1. The lowest BCUT2D eigenvalue weighted by atomic mass is 10.0. The van der Waals surface area contributed by atoms with Gasteiger partial charge in [0.25, 0.3) is 0 Å². The molecular weight excluding hydrogens is 555 g/mol. The summed E-state index contributed by atoms with van der Waals surface area (Å²) in [6, 6.07) is 10.6. The lowest BCUT2D eigenvalue weighted by Crippen LogP contribution is -2.34. The molecule has 1 N–H and O–H groups in total. The standard InChI is InChI=1S/C28H22ClF5N4O2/c29-22-6-3-17(12-23(22)30)2-1-10-37-11-8-24-21(16-37)20-5-4-19(40-28(32,33)34)14-25(20)38(24)27(39)36-15-18-7-9-35-26(31)13-18/h1-7,9,12-14H,8,10-11,15-16H2,(H,36,39). The molecular formula is C28H22ClF5N4O2. The molecule has 0 saturated heterocycles. The monoisotopic (exact) mass is 576 g/mol. The lowest BCUT2D eigenvalue weighted by molar-refractivity contribution is -0.274. The van der Waals surface area contributed by atoms with Crippen molar-refractivity contribution in [3.8, 4) is 5.75 Å². The van der Waals surface area contributed by atoms with Gasteiger partial charge in [-0.05, 0) is 53.1 Å². The van der Waals surface area contributed by atoms with Gasteiger partial charge in [-0.3, -0.25) is 9.47 Å². The van der Waals surface area contributed by atoms with Gasteiger partial charge < -0.3 is 10.1 Å². The molecule has 2 aromatic heterocycles. The highest BCUT2D eigenvalue weighted by molar-refractivity contribution is 6.30. The third-order valence-electron chi connectivity index (χ3n) is 6.49. The van der Waals surface area contributed by atoms with Crippen molar-refractivity contribution in [2.24, 2.45) is 0 Å². The fraction of sp³-hybridized carbons (Fsp3) is 0.214. The van der Waals surface area contributed by atoms with Crippen LogP contribution in [0.25, 0.3) is 17.0 Å². The average molecular weight is 577 g/mol. The van der Waals surface area contributed by atoms with Gasteiger partial charge in [0.1, 0.15) is 11.6 Å². The summed E-state index contributed by atoms with van der Waals surface area (Å²) >= 11 is 5.74. The predicted molar refractivity (Wildman–Crippen MR) is 140 cm³/mol. The topological polar surface area (TPSA) is 59.4 Å². The van der Waals surface area contributed by atoms with E-state index in [-0.39, 0.29) is 17.1 Å². The summed E-state index contributed by atoms with van der Waals surface area (Å²) in [5.74, 6) is -1.66. The molecule has 40 heavy (non-hydrogen) atoms. The molecule has 0 saturated carbocycles. The summed E-state index contributed by atoms with van der Waals surface area (Å²) in [5.41, 5.74) is 2.86. The molecule has 0 unspecified atom stereocenters. The maximum Gasteiger partial charge on any atom is 0.573 e. The molecule has 0 fully saturated rings. The van der Waals surface area contributed by atoms with E-state index in [1.54, 1.807) is 18.2 Å². The van der Waals surface area contributed by atoms with Crippen LogP contribution in [0, 0.1) is 11.8 Å². The Labute approximate surface area is 230 Å². The van der Waals surface area contributed by atoms with E-state index in [0.29, 0.717) is 48.3 Å². The van der Waals surface area contributed by atoms with Crippen molar-refractivity contribution >= 4 is 34.6 Å². The van der Waals surface area contributed by atoms with E-state index in [1.165, 1.54) is 47.2 Å². The molecule has 1 aliphatic rings. The largest absolute Gasteiger partial charge is 0.573 e. The second-order valence-corrected chi connectivity index (χ2v) is 9.60. The van der Waals surface area contributed by atoms with E-state index in [0.717, 1.165) is 5.56 Å². The fourth-order valence-electron chi connectivity index (χ4n) is 4.74. The number of alkyl halides is 3. The molecule has 0 radical (unpaired) electrons. The number of aromatic nitrogens is 2. The summed E-state index contributed by atoms with van der Waals surface area (Å²) in [6.07, 6.45) is 0.475. The zero-order valence-corrected chi connectivity index (χ0v) is 21.6. The van der Waals surface area contributed by atoms with Gasteiger partial charge in [0.15, 0.2) is 0 Å². The van der Waals surface area contributed by atoms with Crippen molar-refractivity contribution < 1.29 is 31.5 Å². The quantitative estimate of drug-likeness (QED) is 0.205. The SMILES string of the molecule is O=C(NCc1ccnc(F)c1)n1c2c(c3ccc(OC(F)(F)F)cc31)CN(CC=Cc1ccc(Cl)c(F)c1)CC2. The normalized spacial score (nSPS) is 14.1. The number of carbonyl (C=O) groups is 1. The van der Waals surface area contributed by atoms with E-state index in [4.69, 9.17) is 11.6 Å². The van der Waals surface area contributed by atoms with Crippen LogP contribution >= 0.6 is 11.6 Å². The van der Waals surface area contributed by atoms with Crippen LogP contribution in [0.2, 0.25) is 5.02 Å². The second-order valence-electron chi connectivity index (χ2n) is 9.19.